The normalized spacial score (nSPS) is 13.2. The first-order valence-electron chi connectivity index (χ1n) is 10.8. The van der Waals surface area contributed by atoms with Gasteiger partial charge in [0.15, 0.2) is 5.96 Å². The van der Waals surface area contributed by atoms with E-state index < -0.39 is 0 Å². The van der Waals surface area contributed by atoms with E-state index in [1.807, 2.05) is 18.2 Å². The van der Waals surface area contributed by atoms with Crippen LogP contribution < -0.4 is 16.0 Å². The van der Waals surface area contributed by atoms with Gasteiger partial charge in [0.1, 0.15) is 0 Å². The lowest BCUT2D eigenvalue weighted by Crippen LogP contribution is -2.39. The van der Waals surface area contributed by atoms with E-state index in [0.717, 1.165) is 18.4 Å². The van der Waals surface area contributed by atoms with Crippen molar-refractivity contribution in [1.29, 1.82) is 0 Å². The van der Waals surface area contributed by atoms with Crippen molar-refractivity contribution in [1.82, 2.24) is 20.9 Å². The van der Waals surface area contributed by atoms with Crippen LogP contribution in [0.4, 0.5) is 0 Å². The lowest BCUT2D eigenvalue weighted by molar-refractivity contribution is 0.0651. The van der Waals surface area contributed by atoms with Gasteiger partial charge in [-0.3, -0.25) is 24.3 Å². The summed E-state index contributed by atoms with van der Waals surface area (Å²) in [5.74, 6) is 0.166. The topological polar surface area (TPSA) is 103 Å². The Bertz CT molecular complexity index is 983. The van der Waals surface area contributed by atoms with Gasteiger partial charge in [0, 0.05) is 39.3 Å². The monoisotopic (exact) mass is 435 g/mol. The van der Waals surface area contributed by atoms with E-state index in [0.29, 0.717) is 48.7 Å². The summed E-state index contributed by atoms with van der Waals surface area (Å²) in [4.78, 5) is 42.0. The van der Waals surface area contributed by atoms with E-state index in [1.165, 1.54) is 4.90 Å². The van der Waals surface area contributed by atoms with Crippen molar-refractivity contribution in [2.75, 3.05) is 33.7 Å². The van der Waals surface area contributed by atoms with Crippen molar-refractivity contribution in [3.63, 3.8) is 0 Å². The number of aliphatic imine (C=N–C) groups is 1. The van der Waals surface area contributed by atoms with Crippen LogP contribution in [-0.2, 0) is 6.42 Å². The molecule has 32 heavy (non-hydrogen) atoms. The molecule has 0 atom stereocenters. The molecule has 0 aliphatic carbocycles. The highest BCUT2D eigenvalue weighted by Gasteiger charge is 2.34. The van der Waals surface area contributed by atoms with Gasteiger partial charge in [-0.2, -0.15) is 0 Å². The lowest BCUT2D eigenvalue weighted by Gasteiger charge is -2.15. The van der Waals surface area contributed by atoms with E-state index in [1.54, 1.807) is 44.4 Å². The number of fused-ring (bicyclic) bond motifs is 1. The van der Waals surface area contributed by atoms with Gasteiger partial charge in [0.25, 0.3) is 17.7 Å². The summed E-state index contributed by atoms with van der Waals surface area (Å²) in [5, 5.41) is 9.13. The smallest absolute Gasteiger partial charge is 0.261 e. The second-order valence-corrected chi connectivity index (χ2v) is 7.47. The molecular formula is C24H29N5O3. The maximum absolute atomic E-state index is 12.4. The Balaban J connectivity index is 1.36. The molecule has 0 saturated heterocycles. The summed E-state index contributed by atoms with van der Waals surface area (Å²) in [6.07, 6.45) is 2.26. The van der Waals surface area contributed by atoms with Gasteiger partial charge in [0.2, 0.25) is 0 Å². The van der Waals surface area contributed by atoms with E-state index in [4.69, 9.17) is 0 Å². The third-order valence-electron chi connectivity index (χ3n) is 5.33. The summed E-state index contributed by atoms with van der Waals surface area (Å²) in [6, 6.07) is 14.5. The zero-order valence-electron chi connectivity index (χ0n) is 18.5. The molecule has 1 aliphatic heterocycles. The number of nitrogens with zero attached hydrogens (tertiary/aromatic N) is 2. The first-order valence-corrected chi connectivity index (χ1v) is 10.8. The van der Waals surface area contributed by atoms with E-state index >= 15 is 0 Å². The summed E-state index contributed by atoms with van der Waals surface area (Å²) >= 11 is 0. The molecule has 2 aromatic carbocycles. The number of carbonyl (C=O) groups excluding carboxylic acids is 3. The molecule has 0 spiro atoms. The zero-order valence-corrected chi connectivity index (χ0v) is 18.5. The van der Waals surface area contributed by atoms with Crippen LogP contribution in [0.2, 0.25) is 0 Å². The number of carbonyl (C=O) groups is 3. The molecule has 0 radical (unpaired) electrons. The Hall–Kier alpha value is -3.68. The molecule has 0 bridgehead atoms. The summed E-state index contributed by atoms with van der Waals surface area (Å²) < 4.78 is 0. The van der Waals surface area contributed by atoms with Crippen LogP contribution in [0, 0.1) is 0 Å². The Morgan fingerprint density at radius 3 is 2.28 bits per heavy atom. The number of hydrogen-bond acceptors (Lipinski definition) is 4. The van der Waals surface area contributed by atoms with Crippen molar-refractivity contribution in [2.45, 2.75) is 19.3 Å². The highest BCUT2D eigenvalue weighted by atomic mass is 16.2. The standard InChI is InChI=1S/C24H29N5O3/c1-25-21(30)18-9-7-8-17(16-18)12-14-28-24(26-2)27-13-5-6-15-29-22(31)19-10-3-4-11-20(19)23(29)32/h3-4,7-11,16H,5-6,12-15H2,1-2H3,(H,25,30)(H2,26,27,28). The van der Waals surface area contributed by atoms with Crippen molar-refractivity contribution in [3.05, 3.63) is 70.8 Å². The second kappa shape index (κ2) is 11.1. The predicted octanol–water partition coefficient (Wildman–Crippen LogP) is 1.83. The number of unbranched alkanes of at least 4 members (excludes halogenated alkanes) is 1. The van der Waals surface area contributed by atoms with Crippen LogP contribution in [0.25, 0.3) is 0 Å². The van der Waals surface area contributed by atoms with Crippen LogP contribution in [0.3, 0.4) is 0 Å². The van der Waals surface area contributed by atoms with Gasteiger partial charge in [-0.1, -0.05) is 24.3 Å². The predicted molar refractivity (Wildman–Crippen MR) is 124 cm³/mol. The van der Waals surface area contributed by atoms with Gasteiger partial charge in [0.05, 0.1) is 11.1 Å². The molecule has 3 rings (SSSR count). The molecule has 8 heteroatoms. The van der Waals surface area contributed by atoms with Crippen LogP contribution in [0.5, 0.6) is 0 Å². The molecule has 2 aromatic rings. The zero-order chi connectivity index (χ0) is 22.9. The Kier molecular flexibility index (Phi) is 7.96. The average molecular weight is 436 g/mol. The van der Waals surface area contributed by atoms with Gasteiger partial charge >= 0.3 is 0 Å². The molecule has 0 aromatic heterocycles. The number of hydrogen-bond donors (Lipinski definition) is 3. The molecule has 3 N–H and O–H groups in total. The fourth-order valence-corrected chi connectivity index (χ4v) is 3.60. The molecule has 0 saturated carbocycles. The number of guanidine groups is 1. The molecule has 8 nitrogen and oxygen atoms in total. The van der Waals surface area contributed by atoms with Crippen LogP contribution in [0.15, 0.2) is 53.5 Å². The van der Waals surface area contributed by atoms with Gasteiger partial charge in [-0.15, -0.1) is 0 Å². The number of imide groups is 1. The highest BCUT2D eigenvalue weighted by Crippen LogP contribution is 2.22. The largest absolute Gasteiger partial charge is 0.356 e. The molecule has 0 fully saturated rings. The Labute approximate surface area is 188 Å². The molecular weight excluding hydrogens is 406 g/mol. The Morgan fingerprint density at radius 1 is 0.938 bits per heavy atom. The first kappa shape index (κ1) is 23.0. The Morgan fingerprint density at radius 2 is 1.62 bits per heavy atom. The minimum atomic E-state index is -0.212. The SMILES string of the molecule is CN=C(NCCCCN1C(=O)c2ccccc2C1=O)NCCc1cccc(C(=O)NC)c1. The van der Waals surface area contributed by atoms with Crippen LogP contribution in [-0.4, -0.2) is 62.3 Å². The maximum Gasteiger partial charge on any atom is 0.261 e. The second-order valence-electron chi connectivity index (χ2n) is 7.47. The first-order chi connectivity index (χ1) is 15.5. The van der Waals surface area contributed by atoms with Crippen molar-refractivity contribution in [2.24, 2.45) is 4.99 Å². The summed E-state index contributed by atoms with van der Waals surface area (Å²) in [5.41, 5.74) is 2.68. The van der Waals surface area contributed by atoms with Crippen molar-refractivity contribution < 1.29 is 14.4 Å². The fraction of sp³-hybridized carbons (Fsp3) is 0.333. The van der Waals surface area contributed by atoms with E-state index in [-0.39, 0.29) is 17.7 Å². The number of amides is 3. The van der Waals surface area contributed by atoms with Crippen LogP contribution >= 0.6 is 0 Å². The van der Waals surface area contributed by atoms with Gasteiger partial charge in [-0.05, 0) is 49.1 Å². The third-order valence-corrected chi connectivity index (χ3v) is 5.33. The molecule has 1 aliphatic rings. The molecule has 3 amide bonds. The quantitative estimate of drug-likeness (QED) is 0.241. The maximum atomic E-state index is 12.4. The lowest BCUT2D eigenvalue weighted by atomic mass is 10.1. The highest BCUT2D eigenvalue weighted by molar-refractivity contribution is 6.21. The average Bonchev–Trinajstić information content (AvgIpc) is 3.07. The van der Waals surface area contributed by atoms with Crippen molar-refractivity contribution >= 4 is 23.7 Å². The number of rotatable bonds is 9. The summed E-state index contributed by atoms with van der Waals surface area (Å²) in [7, 11) is 3.33. The van der Waals surface area contributed by atoms with Gasteiger partial charge in [-0.25, -0.2) is 0 Å². The molecule has 0 unspecified atom stereocenters. The minimum Gasteiger partial charge on any atom is -0.356 e. The van der Waals surface area contributed by atoms with Crippen molar-refractivity contribution in [3.8, 4) is 0 Å². The summed E-state index contributed by atoms with van der Waals surface area (Å²) in [6.45, 7) is 1.75. The minimum absolute atomic E-state index is 0.0986. The van der Waals surface area contributed by atoms with E-state index in [2.05, 4.69) is 20.9 Å². The van der Waals surface area contributed by atoms with Gasteiger partial charge < -0.3 is 16.0 Å². The van der Waals surface area contributed by atoms with Crippen LogP contribution in [0.1, 0.15) is 49.5 Å². The molecule has 168 valence electrons. The van der Waals surface area contributed by atoms with E-state index in [9.17, 15) is 14.4 Å². The third kappa shape index (κ3) is 5.51. The number of benzene rings is 2. The fourth-order valence-electron chi connectivity index (χ4n) is 3.60. The number of nitrogens with one attached hydrogen (secondary N) is 3. The molecule has 1 heterocycles.